The highest BCUT2D eigenvalue weighted by atomic mass is 16.5. The van der Waals surface area contributed by atoms with Gasteiger partial charge in [-0.1, -0.05) is 13.0 Å². The van der Waals surface area contributed by atoms with E-state index in [0.717, 1.165) is 25.9 Å². The maximum absolute atomic E-state index is 6.42. The first-order valence-corrected chi connectivity index (χ1v) is 6.58. The van der Waals surface area contributed by atoms with E-state index >= 15 is 0 Å². The van der Waals surface area contributed by atoms with Crippen LogP contribution < -0.4 is 5.73 Å². The molecule has 2 aliphatic rings. The largest absolute Gasteiger partial charge is 0.376 e. The average molecular weight is 232 g/mol. The Balaban J connectivity index is 1.82. The van der Waals surface area contributed by atoms with Crippen molar-refractivity contribution in [3.8, 4) is 0 Å². The second-order valence-electron chi connectivity index (χ2n) is 5.37. The number of ether oxygens (including phenoxy) is 1. The predicted molar refractivity (Wildman–Crippen MR) is 66.8 cm³/mol. The van der Waals surface area contributed by atoms with Crippen LogP contribution in [0.5, 0.6) is 0 Å². The predicted octanol–water partition coefficient (Wildman–Crippen LogP) is 1.86. The van der Waals surface area contributed by atoms with E-state index in [4.69, 9.17) is 10.5 Å². The Bertz CT molecular complexity index is 407. The van der Waals surface area contributed by atoms with Crippen molar-refractivity contribution < 1.29 is 4.74 Å². The van der Waals surface area contributed by atoms with Gasteiger partial charge in [-0.3, -0.25) is 4.98 Å². The van der Waals surface area contributed by atoms with Gasteiger partial charge in [0, 0.05) is 30.5 Å². The van der Waals surface area contributed by atoms with Crippen molar-refractivity contribution in [3.63, 3.8) is 0 Å². The second kappa shape index (κ2) is 4.39. The van der Waals surface area contributed by atoms with Crippen molar-refractivity contribution in [2.24, 2.45) is 11.7 Å². The Hall–Kier alpha value is -0.930. The monoisotopic (exact) mass is 232 g/mol. The summed E-state index contributed by atoms with van der Waals surface area (Å²) in [7, 11) is 0. The van der Waals surface area contributed by atoms with Gasteiger partial charge in [0.2, 0.25) is 0 Å². The number of fused-ring (bicyclic) bond motifs is 1. The SMILES string of the molecule is CC1CCOC1C(N)C1CCc2cccnc21. The van der Waals surface area contributed by atoms with Gasteiger partial charge in [0.05, 0.1) is 6.10 Å². The van der Waals surface area contributed by atoms with Gasteiger partial charge in [0.25, 0.3) is 0 Å². The molecular weight excluding hydrogens is 212 g/mol. The normalized spacial score (nSPS) is 33.6. The fourth-order valence-corrected chi connectivity index (χ4v) is 3.26. The van der Waals surface area contributed by atoms with Crippen LogP contribution in [0.1, 0.15) is 36.9 Å². The molecule has 92 valence electrons. The minimum absolute atomic E-state index is 0.101. The van der Waals surface area contributed by atoms with Crippen molar-refractivity contribution in [1.82, 2.24) is 4.98 Å². The Kier molecular flexibility index (Phi) is 2.89. The molecule has 3 rings (SSSR count). The highest BCUT2D eigenvalue weighted by Gasteiger charge is 2.38. The molecule has 0 bridgehead atoms. The molecule has 0 aromatic carbocycles. The molecular formula is C14H20N2O. The molecule has 0 saturated carbocycles. The van der Waals surface area contributed by atoms with Crippen molar-refractivity contribution in [2.75, 3.05) is 6.61 Å². The van der Waals surface area contributed by atoms with Crippen LogP contribution >= 0.6 is 0 Å². The van der Waals surface area contributed by atoms with E-state index in [9.17, 15) is 0 Å². The van der Waals surface area contributed by atoms with E-state index in [1.165, 1.54) is 11.3 Å². The quantitative estimate of drug-likeness (QED) is 0.846. The van der Waals surface area contributed by atoms with Crippen molar-refractivity contribution >= 4 is 0 Å². The summed E-state index contributed by atoms with van der Waals surface area (Å²) >= 11 is 0. The minimum Gasteiger partial charge on any atom is -0.376 e. The average Bonchev–Trinajstić information content (AvgIpc) is 2.94. The molecule has 1 fully saturated rings. The maximum atomic E-state index is 6.42. The van der Waals surface area contributed by atoms with E-state index in [1.54, 1.807) is 0 Å². The van der Waals surface area contributed by atoms with Crippen LogP contribution in [0, 0.1) is 5.92 Å². The summed E-state index contributed by atoms with van der Waals surface area (Å²) < 4.78 is 5.80. The maximum Gasteiger partial charge on any atom is 0.0758 e. The summed E-state index contributed by atoms with van der Waals surface area (Å²) in [5.74, 6) is 0.967. The van der Waals surface area contributed by atoms with Crippen LogP contribution in [0.15, 0.2) is 18.3 Å². The standard InChI is InChI=1S/C14H20N2O/c1-9-6-8-17-14(9)12(15)11-5-4-10-3-2-7-16-13(10)11/h2-3,7,9,11-12,14H,4-6,8,15H2,1H3. The number of hydrogen-bond acceptors (Lipinski definition) is 3. The lowest BCUT2D eigenvalue weighted by molar-refractivity contribution is 0.0643. The van der Waals surface area contributed by atoms with E-state index in [2.05, 4.69) is 18.0 Å². The molecule has 4 atom stereocenters. The number of aromatic nitrogens is 1. The summed E-state index contributed by atoms with van der Waals surface area (Å²) in [5.41, 5.74) is 9.01. The molecule has 1 saturated heterocycles. The van der Waals surface area contributed by atoms with Crippen LogP contribution in [0.4, 0.5) is 0 Å². The van der Waals surface area contributed by atoms with E-state index in [0.29, 0.717) is 11.8 Å². The number of aryl methyl sites for hydroxylation is 1. The molecule has 2 heterocycles. The molecule has 0 spiro atoms. The zero-order valence-electron chi connectivity index (χ0n) is 10.3. The number of hydrogen-bond donors (Lipinski definition) is 1. The molecule has 1 aliphatic carbocycles. The number of nitrogens with two attached hydrogens (primary N) is 1. The molecule has 0 radical (unpaired) electrons. The topological polar surface area (TPSA) is 48.1 Å². The first-order valence-electron chi connectivity index (χ1n) is 6.58. The molecule has 3 heteroatoms. The number of rotatable bonds is 2. The minimum atomic E-state index is 0.101. The zero-order chi connectivity index (χ0) is 11.8. The fourth-order valence-electron chi connectivity index (χ4n) is 3.26. The van der Waals surface area contributed by atoms with Gasteiger partial charge in [-0.2, -0.15) is 0 Å². The summed E-state index contributed by atoms with van der Waals surface area (Å²) in [6.07, 6.45) is 5.47. The van der Waals surface area contributed by atoms with Gasteiger partial charge in [-0.15, -0.1) is 0 Å². The fraction of sp³-hybridized carbons (Fsp3) is 0.643. The van der Waals surface area contributed by atoms with Gasteiger partial charge in [-0.05, 0) is 36.8 Å². The number of pyridine rings is 1. The molecule has 3 nitrogen and oxygen atoms in total. The Morgan fingerprint density at radius 3 is 3.12 bits per heavy atom. The summed E-state index contributed by atoms with van der Waals surface area (Å²) in [6.45, 7) is 3.10. The lowest BCUT2D eigenvalue weighted by Crippen LogP contribution is -2.42. The first kappa shape index (κ1) is 11.2. The molecule has 17 heavy (non-hydrogen) atoms. The van der Waals surface area contributed by atoms with Gasteiger partial charge >= 0.3 is 0 Å². The lowest BCUT2D eigenvalue weighted by Gasteiger charge is -2.27. The molecule has 1 aliphatic heterocycles. The highest BCUT2D eigenvalue weighted by Crippen LogP contribution is 2.37. The van der Waals surface area contributed by atoms with Crippen molar-refractivity contribution in [2.45, 2.75) is 44.2 Å². The van der Waals surface area contributed by atoms with Gasteiger partial charge < -0.3 is 10.5 Å². The first-order chi connectivity index (χ1) is 8.27. The van der Waals surface area contributed by atoms with Crippen LogP contribution in [0.25, 0.3) is 0 Å². The van der Waals surface area contributed by atoms with Gasteiger partial charge in [-0.25, -0.2) is 0 Å². The van der Waals surface area contributed by atoms with E-state index in [1.807, 2.05) is 12.3 Å². The van der Waals surface area contributed by atoms with Gasteiger partial charge in [0.15, 0.2) is 0 Å². The molecule has 1 aromatic rings. The van der Waals surface area contributed by atoms with Crippen molar-refractivity contribution in [3.05, 3.63) is 29.6 Å². The third-order valence-corrected chi connectivity index (χ3v) is 4.29. The summed E-state index contributed by atoms with van der Waals surface area (Å²) in [6, 6.07) is 4.29. The Morgan fingerprint density at radius 2 is 2.35 bits per heavy atom. The summed E-state index contributed by atoms with van der Waals surface area (Å²) in [4.78, 5) is 4.52. The van der Waals surface area contributed by atoms with Crippen LogP contribution in [-0.2, 0) is 11.2 Å². The number of nitrogens with zero attached hydrogens (tertiary/aromatic N) is 1. The van der Waals surface area contributed by atoms with E-state index in [-0.39, 0.29) is 12.1 Å². The second-order valence-corrected chi connectivity index (χ2v) is 5.37. The van der Waals surface area contributed by atoms with Crippen LogP contribution in [0.3, 0.4) is 0 Å². The lowest BCUT2D eigenvalue weighted by atomic mass is 9.87. The van der Waals surface area contributed by atoms with E-state index < -0.39 is 0 Å². The third-order valence-electron chi connectivity index (χ3n) is 4.29. The molecule has 1 aromatic heterocycles. The van der Waals surface area contributed by atoms with Crippen LogP contribution in [-0.4, -0.2) is 23.7 Å². The smallest absolute Gasteiger partial charge is 0.0758 e. The Labute approximate surface area is 102 Å². The van der Waals surface area contributed by atoms with Gasteiger partial charge in [0.1, 0.15) is 0 Å². The molecule has 2 N–H and O–H groups in total. The Morgan fingerprint density at radius 1 is 1.47 bits per heavy atom. The molecule has 0 amide bonds. The van der Waals surface area contributed by atoms with Crippen LogP contribution in [0.2, 0.25) is 0 Å². The zero-order valence-corrected chi connectivity index (χ0v) is 10.3. The van der Waals surface area contributed by atoms with Crippen molar-refractivity contribution in [1.29, 1.82) is 0 Å². The molecule has 4 unspecified atom stereocenters. The summed E-state index contributed by atoms with van der Waals surface area (Å²) in [5, 5.41) is 0. The third kappa shape index (κ3) is 1.87. The highest BCUT2D eigenvalue weighted by molar-refractivity contribution is 5.30.